The van der Waals surface area contributed by atoms with Crippen LogP contribution in [-0.4, -0.2) is 25.2 Å². The zero-order valence-electron chi connectivity index (χ0n) is 7.96. The first-order valence-electron chi connectivity index (χ1n) is 4.12. The second kappa shape index (κ2) is 6.22. The molecule has 0 aliphatic heterocycles. The molecule has 0 N–H and O–H groups in total. The van der Waals surface area contributed by atoms with Gasteiger partial charge >= 0.3 is 11.9 Å². The fourth-order valence-electron chi connectivity index (χ4n) is 0.692. The maximum atomic E-state index is 11.0. The molecule has 0 aromatic rings. The Kier molecular flexibility index (Phi) is 5.59. The Labute approximate surface area is 77.5 Å². The molecular weight excluding hydrogens is 172 g/mol. The van der Waals surface area contributed by atoms with Gasteiger partial charge in [-0.05, 0) is 13.8 Å². The summed E-state index contributed by atoms with van der Waals surface area (Å²) in [6.45, 7) is 7.39. The normalized spacial score (nSPS) is 9.08. The van der Waals surface area contributed by atoms with Gasteiger partial charge in [0, 0.05) is 5.57 Å². The number of rotatable bonds is 5. The van der Waals surface area contributed by atoms with Gasteiger partial charge in [-0.2, -0.15) is 0 Å². The van der Waals surface area contributed by atoms with E-state index in [2.05, 4.69) is 16.1 Å². The Bertz CT molecular complexity index is 208. The summed E-state index contributed by atoms with van der Waals surface area (Å²) in [4.78, 5) is 21.8. The molecule has 0 heterocycles. The Morgan fingerprint density at radius 2 is 1.69 bits per heavy atom. The molecule has 4 heteroatoms. The van der Waals surface area contributed by atoms with Gasteiger partial charge < -0.3 is 9.47 Å². The molecule has 13 heavy (non-hydrogen) atoms. The summed E-state index contributed by atoms with van der Waals surface area (Å²) in [6, 6.07) is 0. The zero-order valence-corrected chi connectivity index (χ0v) is 7.96. The first kappa shape index (κ1) is 11.7. The molecule has 0 aromatic heterocycles. The number of hydrogen-bond acceptors (Lipinski definition) is 4. The van der Waals surface area contributed by atoms with E-state index in [1.807, 2.05) is 0 Å². The molecule has 0 amide bonds. The van der Waals surface area contributed by atoms with Crippen molar-refractivity contribution >= 4 is 11.9 Å². The van der Waals surface area contributed by atoms with Crippen LogP contribution >= 0.6 is 0 Å². The fraction of sp³-hybridized carbons (Fsp3) is 0.556. The van der Waals surface area contributed by atoms with Crippen molar-refractivity contribution in [2.24, 2.45) is 0 Å². The van der Waals surface area contributed by atoms with Crippen molar-refractivity contribution in [3.05, 3.63) is 12.2 Å². The minimum Gasteiger partial charge on any atom is -0.466 e. The lowest BCUT2D eigenvalue weighted by atomic mass is 10.2. The molecule has 0 unspecified atom stereocenters. The van der Waals surface area contributed by atoms with Gasteiger partial charge in [0.2, 0.25) is 0 Å². The molecular formula is C9H14O4. The van der Waals surface area contributed by atoms with E-state index in [0.717, 1.165) is 0 Å². The predicted molar refractivity (Wildman–Crippen MR) is 47.0 cm³/mol. The largest absolute Gasteiger partial charge is 0.466 e. The Hall–Kier alpha value is -1.32. The smallest absolute Gasteiger partial charge is 0.333 e. The third-order valence-corrected chi connectivity index (χ3v) is 1.23. The number of ether oxygens (including phenoxy) is 2. The molecule has 0 bridgehead atoms. The third kappa shape index (κ3) is 5.00. The van der Waals surface area contributed by atoms with Gasteiger partial charge in [-0.3, -0.25) is 4.79 Å². The number of hydrogen-bond donors (Lipinski definition) is 0. The highest BCUT2D eigenvalue weighted by Crippen LogP contribution is 2.02. The van der Waals surface area contributed by atoms with Crippen LogP contribution < -0.4 is 0 Å². The van der Waals surface area contributed by atoms with Crippen molar-refractivity contribution < 1.29 is 19.1 Å². The Morgan fingerprint density at radius 3 is 2.15 bits per heavy atom. The van der Waals surface area contributed by atoms with Gasteiger partial charge in [-0.25, -0.2) is 4.79 Å². The molecule has 0 saturated carbocycles. The minimum absolute atomic E-state index is 0.104. The van der Waals surface area contributed by atoms with E-state index >= 15 is 0 Å². The standard InChI is InChI=1S/C9H14O4/c1-4-12-8(10)6-7(3)9(11)13-5-2/h3-6H2,1-2H3. The first-order valence-corrected chi connectivity index (χ1v) is 4.12. The Balaban J connectivity index is 3.86. The maximum absolute atomic E-state index is 11.0. The van der Waals surface area contributed by atoms with Gasteiger partial charge in [0.1, 0.15) is 0 Å². The summed E-state index contributed by atoms with van der Waals surface area (Å²) in [6.07, 6.45) is -0.104. The second-order valence-corrected chi connectivity index (χ2v) is 2.31. The number of esters is 2. The fourth-order valence-corrected chi connectivity index (χ4v) is 0.692. The van der Waals surface area contributed by atoms with E-state index in [-0.39, 0.29) is 18.6 Å². The van der Waals surface area contributed by atoms with E-state index in [1.54, 1.807) is 13.8 Å². The van der Waals surface area contributed by atoms with Crippen molar-refractivity contribution in [1.29, 1.82) is 0 Å². The third-order valence-electron chi connectivity index (χ3n) is 1.23. The van der Waals surface area contributed by atoms with E-state index in [0.29, 0.717) is 6.61 Å². The van der Waals surface area contributed by atoms with Gasteiger partial charge in [-0.1, -0.05) is 6.58 Å². The van der Waals surface area contributed by atoms with Crippen molar-refractivity contribution in [3.63, 3.8) is 0 Å². The van der Waals surface area contributed by atoms with Crippen molar-refractivity contribution in [3.8, 4) is 0 Å². The van der Waals surface area contributed by atoms with Crippen LogP contribution in [0.4, 0.5) is 0 Å². The summed E-state index contributed by atoms with van der Waals surface area (Å²) in [7, 11) is 0. The first-order chi connectivity index (χ1) is 6.11. The topological polar surface area (TPSA) is 52.6 Å². The van der Waals surface area contributed by atoms with Gasteiger partial charge in [0.15, 0.2) is 0 Å². The highest BCUT2D eigenvalue weighted by atomic mass is 16.5. The molecule has 4 nitrogen and oxygen atoms in total. The van der Waals surface area contributed by atoms with E-state index in [4.69, 9.17) is 0 Å². The van der Waals surface area contributed by atoms with E-state index in [9.17, 15) is 9.59 Å². The highest BCUT2D eigenvalue weighted by molar-refractivity contribution is 5.93. The molecule has 0 spiro atoms. The van der Waals surface area contributed by atoms with E-state index in [1.165, 1.54) is 0 Å². The van der Waals surface area contributed by atoms with Crippen LogP contribution in [-0.2, 0) is 19.1 Å². The Morgan fingerprint density at radius 1 is 1.15 bits per heavy atom. The average molecular weight is 186 g/mol. The summed E-state index contributed by atoms with van der Waals surface area (Å²) >= 11 is 0. The van der Waals surface area contributed by atoms with Gasteiger partial charge in [0.05, 0.1) is 19.6 Å². The van der Waals surface area contributed by atoms with Gasteiger partial charge in [0.25, 0.3) is 0 Å². The van der Waals surface area contributed by atoms with Crippen LogP contribution in [0, 0.1) is 0 Å². The summed E-state index contributed by atoms with van der Waals surface area (Å²) in [5.74, 6) is -1.00. The van der Waals surface area contributed by atoms with Crippen molar-refractivity contribution in [1.82, 2.24) is 0 Å². The quantitative estimate of drug-likeness (QED) is 0.476. The molecule has 0 aromatic carbocycles. The lowest BCUT2D eigenvalue weighted by molar-refractivity contribution is -0.145. The summed E-state index contributed by atoms with van der Waals surface area (Å²) in [5, 5.41) is 0. The molecule has 0 fully saturated rings. The van der Waals surface area contributed by atoms with Crippen LogP contribution in [0.25, 0.3) is 0 Å². The van der Waals surface area contributed by atoms with Crippen LogP contribution in [0.15, 0.2) is 12.2 Å². The lowest BCUT2D eigenvalue weighted by Gasteiger charge is -2.04. The molecule has 0 aliphatic carbocycles. The van der Waals surface area contributed by atoms with E-state index < -0.39 is 11.9 Å². The predicted octanol–water partition coefficient (Wildman–Crippen LogP) is 1.06. The second-order valence-electron chi connectivity index (χ2n) is 2.31. The number of carbonyl (C=O) groups excluding carboxylic acids is 2. The van der Waals surface area contributed by atoms with Gasteiger partial charge in [-0.15, -0.1) is 0 Å². The molecule has 0 aliphatic rings. The molecule has 0 rings (SSSR count). The lowest BCUT2D eigenvalue weighted by Crippen LogP contribution is -2.12. The maximum Gasteiger partial charge on any atom is 0.333 e. The minimum atomic E-state index is -0.546. The van der Waals surface area contributed by atoms with Crippen LogP contribution in [0.3, 0.4) is 0 Å². The highest BCUT2D eigenvalue weighted by Gasteiger charge is 2.12. The molecule has 0 saturated heterocycles. The monoisotopic (exact) mass is 186 g/mol. The average Bonchev–Trinajstić information content (AvgIpc) is 2.05. The van der Waals surface area contributed by atoms with Crippen LogP contribution in [0.1, 0.15) is 20.3 Å². The van der Waals surface area contributed by atoms with Crippen molar-refractivity contribution in [2.75, 3.05) is 13.2 Å². The van der Waals surface area contributed by atoms with Crippen LogP contribution in [0.2, 0.25) is 0 Å². The summed E-state index contributed by atoms with van der Waals surface area (Å²) < 4.78 is 9.27. The molecule has 74 valence electrons. The molecule has 0 atom stereocenters. The molecule has 0 radical (unpaired) electrons. The zero-order chi connectivity index (χ0) is 10.3. The van der Waals surface area contributed by atoms with Crippen molar-refractivity contribution in [2.45, 2.75) is 20.3 Å². The SMILES string of the molecule is C=C(CC(=O)OCC)C(=O)OCC. The number of carbonyl (C=O) groups is 2. The summed E-state index contributed by atoms with van der Waals surface area (Å²) in [5.41, 5.74) is 0.125. The van der Waals surface area contributed by atoms with Crippen LogP contribution in [0.5, 0.6) is 0 Å².